The highest BCUT2D eigenvalue weighted by Gasteiger charge is 2.23. The van der Waals surface area contributed by atoms with Crippen molar-refractivity contribution in [1.82, 2.24) is 14.5 Å². The third-order valence-electron chi connectivity index (χ3n) is 5.94. The summed E-state index contributed by atoms with van der Waals surface area (Å²) in [6, 6.07) is 13.2. The van der Waals surface area contributed by atoms with E-state index < -0.39 is 17.3 Å². The quantitative estimate of drug-likeness (QED) is 0.639. The number of nitrogens with one attached hydrogen (secondary N) is 1. The van der Waals surface area contributed by atoms with Crippen LogP contribution in [0, 0.1) is 18.6 Å². The van der Waals surface area contributed by atoms with Gasteiger partial charge in [-0.3, -0.25) is 13.9 Å². The molecule has 2 heterocycles. The van der Waals surface area contributed by atoms with Gasteiger partial charge in [0.05, 0.1) is 6.54 Å². The van der Waals surface area contributed by atoms with E-state index in [1.54, 1.807) is 6.92 Å². The van der Waals surface area contributed by atoms with Gasteiger partial charge >= 0.3 is 5.69 Å². The van der Waals surface area contributed by atoms with Gasteiger partial charge in [0, 0.05) is 44.0 Å². The summed E-state index contributed by atoms with van der Waals surface area (Å²) in [5.41, 5.74) is 0.698. The van der Waals surface area contributed by atoms with Gasteiger partial charge in [0.2, 0.25) is 0 Å². The van der Waals surface area contributed by atoms with Crippen molar-refractivity contribution in [3.8, 4) is 0 Å². The molecule has 1 N–H and O–H groups in total. The van der Waals surface area contributed by atoms with Gasteiger partial charge in [-0.25, -0.2) is 13.6 Å². The Morgan fingerprint density at radius 1 is 0.906 bits per heavy atom. The summed E-state index contributed by atoms with van der Waals surface area (Å²) in [4.78, 5) is 28.7. The normalized spacial score (nSPS) is 14.0. The maximum atomic E-state index is 14.4. The summed E-state index contributed by atoms with van der Waals surface area (Å²) in [5.74, 6) is -1.44. The minimum absolute atomic E-state index is 0.181. The van der Waals surface area contributed by atoms with Gasteiger partial charge in [0.1, 0.15) is 17.3 Å². The van der Waals surface area contributed by atoms with E-state index in [4.69, 9.17) is 0 Å². The SMILES string of the molecule is Cc1c(N2CCNCC2)c(=O)n(CCc2ccccc2)c(=O)n1Cc1c(F)cccc1F. The number of piperazine rings is 1. The predicted octanol–water partition coefficient (Wildman–Crippen LogP) is 2.30. The Balaban J connectivity index is 1.82. The van der Waals surface area contributed by atoms with E-state index in [1.165, 1.54) is 27.3 Å². The van der Waals surface area contributed by atoms with Crippen LogP contribution in [0.1, 0.15) is 16.8 Å². The lowest BCUT2D eigenvalue weighted by Gasteiger charge is -2.31. The number of aryl methyl sites for hydroxylation is 1. The Labute approximate surface area is 184 Å². The fourth-order valence-electron chi connectivity index (χ4n) is 4.15. The van der Waals surface area contributed by atoms with Crippen LogP contribution in [-0.4, -0.2) is 35.3 Å². The summed E-state index contributed by atoms with van der Waals surface area (Å²) in [7, 11) is 0. The molecule has 0 aliphatic carbocycles. The minimum atomic E-state index is -0.720. The average molecular weight is 440 g/mol. The smallest absolute Gasteiger partial charge is 0.331 e. The van der Waals surface area contributed by atoms with Crippen LogP contribution in [0.5, 0.6) is 0 Å². The molecule has 1 aromatic heterocycles. The number of anilines is 1. The van der Waals surface area contributed by atoms with Crippen molar-refractivity contribution in [2.45, 2.75) is 26.4 Å². The summed E-state index contributed by atoms with van der Waals surface area (Å²) >= 11 is 0. The second kappa shape index (κ2) is 9.48. The predicted molar refractivity (Wildman–Crippen MR) is 120 cm³/mol. The molecular formula is C24H26F2N4O2. The zero-order valence-electron chi connectivity index (χ0n) is 18.0. The maximum Gasteiger partial charge on any atom is 0.331 e. The van der Waals surface area contributed by atoms with E-state index in [9.17, 15) is 18.4 Å². The average Bonchev–Trinajstić information content (AvgIpc) is 2.80. The maximum absolute atomic E-state index is 14.4. The lowest BCUT2D eigenvalue weighted by molar-refractivity contribution is 0.512. The van der Waals surface area contributed by atoms with Gasteiger partial charge in [-0.15, -0.1) is 0 Å². The molecule has 0 atom stereocenters. The summed E-state index contributed by atoms with van der Waals surface area (Å²) in [6.45, 7) is 4.21. The van der Waals surface area contributed by atoms with E-state index in [2.05, 4.69) is 5.32 Å². The molecule has 1 aliphatic rings. The van der Waals surface area contributed by atoms with Crippen LogP contribution in [0.15, 0.2) is 58.1 Å². The van der Waals surface area contributed by atoms with E-state index in [1.807, 2.05) is 35.2 Å². The molecule has 0 bridgehead atoms. The Morgan fingerprint density at radius 2 is 1.56 bits per heavy atom. The Morgan fingerprint density at radius 3 is 2.22 bits per heavy atom. The molecule has 4 rings (SSSR count). The van der Waals surface area contributed by atoms with Gasteiger partial charge in [-0.05, 0) is 31.0 Å². The van der Waals surface area contributed by atoms with Gasteiger partial charge in [0.25, 0.3) is 5.56 Å². The van der Waals surface area contributed by atoms with Crippen molar-refractivity contribution < 1.29 is 8.78 Å². The van der Waals surface area contributed by atoms with Crippen molar-refractivity contribution in [3.63, 3.8) is 0 Å². The topological polar surface area (TPSA) is 59.3 Å². The highest BCUT2D eigenvalue weighted by molar-refractivity contribution is 5.49. The fourth-order valence-corrected chi connectivity index (χ4v) is 4.15. The van der Waals surface area contributed by atoms with Crippen LogP contribution >= 0.6 is 0 Å². The Kier molecular flexibility index (Phi) is 6.50. The molecule has 6 nitrogen and oxygen atoms in total. The molecule has 1 fully saturated rings. The molecule has 3 aromatic rings. The lowest BCUT2D eigenvalue weighted by Crippen LogP contribution is -2.50. The van der Waals surface area contributed by atoms with Gasteiger partial charge in [-0.1, -0.05) is 36.4 Å². The number of benzene rings is 2. The van der Waals surface area contributed by atoms with Gasteiger partial charge < -0.3 is 10.2 Å². The molecule has 1 saturated heterocycles. The first-order valence-electron chi connectivity index (χ1n) is 10.7. The Bertz CT molecular complexity index is 1190. The third kappa shape index (κ3) is 4.36. The minimum Gasteiger partial charge on any atom is -0.363 e. The van der Waals surface area contributed by atoms with Gasteiger partial charge in [-0.2, -0.15) is 0 Å². The van der Waals surface area contributed by atoms with Crippen LogP contribution in [0.4, 0.5) is 14.5 Å². The van der Waals surface area contributed by atoms with E-state index >= 15 is 0 Å². The highest BCUT2D eigenvalue weighted by atomic mass is 19.1. The van der Waals surface area contributed by atoms with Crippen LogP contribution in [0.3, 0.4) is 0 Å². The van der Waals surface area contributed by atoms with Crippen molar-refractivity contribution in [3.05, 3.63) is 97.8 Å². The molecule has 2 aromatic carbocycles. The summed E-state index contributed by atoms with van der Waals surface area (Å²) in [5, 5.41) is 3.25. The molecule has 0 unspecified atom stereocenters. The monoisotopic (exact) mass is 440 g/mol. The number of nitrogens with zero attached hydrogens (tertiary/aromatic N) is 3. The van der Waals surface area contributed by atoms with Crippen LogP contribution in [-0.2, 0) is 19.5 Å². The van der Waals surface area contributed by atoms with E-state index in [0.717, 1.165) is 5.56 Å². The first kappa shape index (κ1) is 22.0. The lowest BCUT2D eigenvalue weighted by atomic mass is 10.1. The molecule has 8 heteroatoms. The Hall–Kier alpha value is -3.26. The second-order valence-corrected chi connectivity index (χ2v) is 7.93. The highest BCUT2D eigenvalue weighted by Crippen LogP contribution is 2.18. The summed E-state index contributed by atoms with van der Waals surface area (Å²) in [6.07, 6.45) is 0.494. The van der Waals surface area contributed by atoms with E-state index in [0.29, 0.717) is 44.0 Å². The molecular weight excluding hydrogens is 414 g/mol. The third-order valence-corrected chi connectivity index (χ3v) is 5.94. The first-order chi connectivity index (χ1) is 15.5. The second-order valence-electron chi connectivity index (χ2n) is 7.93. The standard InChI is InChI=1S/C24H26F2N4O2/c1-17-22(28-14-11-27-12-15-28)23(31)29(13-10-18-6-3-2-4-7-18)24(32)30(17)16-19-20(25)8-5-9-21(19)26/h2-9,27H,10-16H2,1H3. The molecule has 32 heavy (non-hydrogen) atoms. The molecule has 0 radical (unpaired) electrons. The number of hydrogen-bond acceptors (Lipinski definition) is 4. The largest absolute Gasteiger partial charge is 0.363 e. The van der Waals surface area contributed by atoms with Crippen LogP contribution in [0.2, 0.25) is 0 Å². The van der Waals surface area contributed by atoms with Crippen molar-refractivity contribution in [2.24, 2.45) is 0 Å². The number of hydrogen-bond donors (Lipinski definition) is 1. The fraction of sp³-hybridized carbons (Fsp3) is 0.333. The van der Waals surface area contributed by atoms with Crippen molar-refractivity contribution in [2.75, 3.05) is 31.1 Å². The van der Waals surface area contributed by atoms with Crippen molar-refractivity contribution in [1.29, 1.82) is 0 Å². The zero-order valence-corrected chi connectivity index (χ0v) is 18.0. The summed E-state index contributed by atoms with van der Waals surface area (Å²) < 4.78 is 31.2. The van der Waals surface area contributed by atoms with Crippen LogP contribution in [0.25, 0.3) is 0 Å². The molecule has 0 saturated carbocycles. The van der Waals surface area contributed by atoms with Crippen molar-refractivity contribution >= 4 is 5.69 Å². The van der Waals surface area contributed by atoms with E-state index in [-0.39, 0.29) is 24.2 Å². The number of aromatic nitrogens is 2. The zero-order chi connectivity index (χ0) is 22.7. The number of halogens is 2. The van der Waals surface area contributed by atoms with Gasteiger partial charge in [0.15, 0.2) is 0 Å². The molecule has 0 spiro atoms. The molecule has 168 valence electrons. The molecule has 0 amide bonds. The number of rotatable bonds is 6. The molecule has 1 aliphatic heterocycles. The first-order valence-corrected chi connectivity index (χ1v) is 10.7. The van der Waals surface area contributed by atoms with Crippen LogP contribution < -0.4 is 21.5 Å².